The Balaban J connectivity index is 1.72. The lowest BCUT2D eigenvalue weighted by Gasteiger charge is -2.19. The Labute approximate surface area is 122 Å². The molecule has 1 aliphatic rings. The Kier molecular flexibility index (Phi) is 3.50. The van der Waals surface area contributed by atoms with E-state index in [9.17, 15) is 9.59 Å². The molecule has 2 heterocycles. The molecular weight excluding hydrogens is 266 g/mol. The van der Waals surface area contributed by atoms with Crippen LogP contribution >= 0.6 is 0 Å². The summed E-state index contributed by atoms with van der Waals surface area (Å²) in [5.41, 5.74) is 8.03. The monoisotopic (exact) mass is 281 g/mol. The van der Waals surface area contributed by atoms with Gasteiger partial charge in [-0.3, -0.25) is 19.5 Å². The van der Waals surface area contributed by atoms with Gasteiger partial charge < -0.3 is 5.73 Å². The number of hydrogen-bond donors (Lipinski definition) is 1. The van der Waals surface area contributed by atoms with E-state index in [0.29, 0.717) is 17.5 Å². The van der Waals surface area contributed by atoms with Crippen LogP contribution in [0.3, 0.4) is 0 Å². The van der Waals surface area contributed by atoms with Crippen molar-refractivity contribution >= 4 is 11.8 Å². The third-order valence-electron chi connectivity index (χ3n) is 3.54. The highest BCUT2D eigenvalue weighted by atomic mass is 16.2. The molecule has 0 unspecified atom stereocenters. The molecule has 0 radical (unpaired) electrons. The van der Waals surface area contributed by atoms with Crippen LogP contribution in [0, 0.1) is 0 Å². The van der Waals surface area contributed by atoms with Crippen LogP contribution in [0.1, 0.15) is 26.3 Å². The fourth-order valence-electron chi connectivity index (χ4n) is 2.53. The van der Waals surface area contributed by atoms with E-state index in [2.05, 4.69) is 4.98 Å². The van der Waals surface area contributed by atoms with Gasteiger partial charge in [0.1, 0.15) is 0 Å². The zero-order chi connectivity index (χ0) is 14.8. The minimum absolute atomic E-state index is 0.217. The number of imide groups is 1. The first-order valence-electron chi connectivity index (χ1n) is 6.76. The molecule has 0 saturated heterocycles. The molecule has 0 aliphatic carbocycles. The number of nitrogens with two attached hydrogens (primary N) is 1. The van der Waals surface area contributed by atoms with Gasteiger partial charge in [-0.2, -0.15) is 0 Å². The molecule has 2 amide bonds. The molecule has 1 atom stereocenters. The molecule has 5 nitrogen and oxygen atoms in total. The van der Waals surface area contributed by atoms with Crippen molar-refractivity contribution in [3.8, 4) is 0 Å². The standard InChI is InChI=1S/C16H15N3O2/c17-12(9-11-5-7-18-8-6-11)10-19-15(20)13-3-1-2-4-14(13)16(19)21/h1-8,12H,9-10,17H2/t12-/m1/s1. The SMILES string of the molecule is N[C@H](Cc1ccncc1)CN1C(=O)c2ccccc2C1=O. The van der Waals surface area contributed by atoms with Crippen LogP contribution in [-0.4, -0.2) is 34.3 Å². The topological polar surface area (TPSA) is 76.3 Å². The lowest BCUT2D eigenvalue weighted by molar-refractivity contribution is 0.0644. The van der Waals surface area contributed by atoms with Crippen LogP contribution in [0.5, 0.6) is 0 Å². The van der Waals surface area contributed by atoms with E-state index in [-0.39, 0.29) is 24.4 Å². The second kappa shape index (κ2) is 5.46. The third kappa shape index (κ3) is 2.55. The van der Waals surface area contributed by atoms with Crippen molar-refractivity contribution in [3.63, 3.8) is 0 Å². The van der Waals surface area contributed by atoms with Crippen LogP contribution in [0.25, 0.3) is 0 Å². The fourth-order valence-corrected chi connectivity index (χ4v) is 2.53. The minimum atomic E-state index is -0.297. The Morgan fingerprint density at radius 3 is 2.14 bits per heavy atom. The smallest absolute Gasteiger partial charge is 0.261 e. The maximum atomic E-state index is 12.2. The van der Waals surface area contributed by atoms with E-state index in [1.165, 1.54) is 4.90 Å². The largest absolute Gasteiger partial charge is 0.326 e. The summed E-state index contributed by atoms with van der Waals surface area (Å²) in [7, 11) is 0. The second-order valence-corrected chi connectivity index (χ2v) is 5.09. The highest BCUT2D eigenvalue weighted by molar-refractivity contribution is 6.21. The van der Waals surface area contributed by atoms with Gasteiger partial charge in [0.05, 0.1) is 11.1 Å². The van der Waals surface area contributed by atoms with Crippen LogP contribution in [0.2, 0.25) is 0 Å². The van der Waals surface area contributed by atoms with Gasteiger partial charge in [0, 0.05) is 25.0 Å². The van der Waals surface area contributed by atoms with Crippen molar-refractivity contribution in [3.05, 3.63) is 65.5 Å². The number of fused-ring (bicyclic) bond motifs is 1. The van der Waals surface area contributed by atoms with Crippen molar-refractivity contribution in [2.45, 2.75) is 12.5 Å². The van der Waals surface area contributed by atoms with Crippen LogP contribution in [0.15, 0.2) is 48.8 Å². The average Bonchev–Trinajstić information content (AvgIpc) is 2.74. The van der Waals surface area contributed by atoms with Crippen molar-refractivity contribution in [2.75, 3.05) is 6.54 Å². The zero-order valence-electron chi connectivity index (χ0n) is 11.4. The van der Waals surface area contributed by atoms with Gasteiger partial charge in [0.2, 0.25) is 0 Å². The Bertz CT molecular complexity index is 650. The minimum Gasteiger partial charge on any atom is -0.326 e. The van der Waals surface area contributed by atoms with Crippen molar-refractivity contribution in [2.24, 2.45) is 5.73 Å². The number of benzene rings is 1. The number of rotatable bonds is 4. The van der Waals surface area contributed by atoms with Crippen molar-refractivity contribution in [1.29, 1.82) is 0 Å². The Morgan fingerprint density at radius 1 is 1.00 bits per heavy atom. The first-order chi connectivity index (χ1) is 10.2. The molecule has 1 aromatic heterocycles. The molecule has 3 rings (SSSR count). The van der Waals surface area contributed by atoms with Crippen LogP contribution in [-0.2, 0) is 6.42 Å². The summed E-state index contributed by atoms with van der Waals surface area (Å²) in [5, 5.41) is 0. The molecule has 21 heavy (non-hydrogen) atoms. The van der Waals surface area contributed by atoms with Gasteiger partial charge in [-0.25, -0.2) is 0 Å². The summed E-state index contributed by atoms with van der Waals surface area (Å²) >= 11 is 0. The summed E-state index contributed by atoms with van der Waals surface area (Å²) in [4.78, 5) is 29.6. The summed E-state index contributed by atoms with van der Waals surface area (Å²) in [6.07, 6.45) is 3.99. The Morgan fingerprint density at radius 2 is 1.57 bits per heavy atom. The maximum absolute atomic E-state index is 12.2. The number of amides is 2. The number of aromatic nitrogens is 1. The molecule has 106 valence electrons. The molecule has 2 N–H and O–H groups in total. The molecule has 0 spiro atoms. The number of carbonyl (C=O) groups is 2. The zero-order valence-corrected chi connectivity index (χ0v) is 11.4. The van der Waals surface area contributed by atoms with E-state index in [1.807, 2.05) is 12.1 Å². The van der Waals surface area contributed by atoms with E-state index >= 15 is 0 Å². The molecule has 2 aromatic rings. The van der Waals surface area contributed by atoms with Crippen LogP contribution in [0.4, 0.5) is 0 Å². The van der Waals surface area contributed by atoms with E-state index < -0.39 is 0 Å². The molecule has 0 fully saturated rings. The third-order valence-corrected chi connectivity index (χ3v) is 3.54. The number of nitrogens with zero attached hydrogens (tertiary/aromatic N) is 2. The van der Waals surface area contributed by atoms with E-state index in [0.717, 1.165) is 5.56 Å². The molecule has 1 aliphatic heterocycles. The van der Waals surface area contributed by atoms with Gasteiger partial charge in [-0.1, -0.05) is 12.1 Å². The van der Waals surface area contributed by atoms with E-state index in [1.54, 1.807) is 36.7 Å². The quantitative estimate of drug-likeness (QED) is 0.856. The highest BCUT2D eigenvalue weighted by Crippen LogP contribution is 2.22. The lowest BCUT2D eigenvalue weighted by atomic mass is 10.1. The van der Waals surface area contributed by atoms with Gasteiger partial charge in [-0.15, -0.1) is 0 Å². The highest BCUT2D eigenvalue weighted by Gasteiger charge is 2.35. The van der Waals surface area contributed by atoms with Gasteiger partial charge in [0.25, 0.3) is 11.8 Å². The lowest BCUT2D eigenvalue weighted by Crippen LogP contribution is -2.41. The van der Waals surface area contributed by atoms with Crippen LogP contribution < -0.4 is 5.73 Å². The van der Waals surface area contributed by atoms with Gasteiger partial charge >= 0.3 is 0 Å². The fraction of sp³-hybridized carbons (Fsp3) is 0.188. The predicted molar refractivity (Wildman–Crippen MR) is 77.7 cm³/mol. The molecule has 5 heteroatoms. The van der Waals surface area contributed by atoms with Crippen molar-refractivity contribution < 1.29 is 9.59 Å². The predicted octanol–water partition coefficient (Wildman–Crippen LogP) is 1.25. The second-order valence-electron chi connectivity index (χ2n) is 5.09. The first kappa shape index (κ1) is 13.5. The molecule has 1 aromatic carbocycles. The normalized spacial score (nSPS) is 15.2. The van der Waals surface area contributed by atoms with E-state index in [4.69, 9.17) is 5.73 Å². The number of hydrogen-bond acceptors (Lipinski definition) is 4. The number of carbonyl (C=O) groups excluding carboxylic acids is 2. The van der Waals surface area contributed by atoms with Crippen molar-refractivity contribution in [1.82, 2.24) is 9.88 Å². The first-order valence-corrected chi connectivity index (χ1v) is 6.76. The summed E-state index contributed by atoms with van der Waals surface area (Å²) in [5.74, 6) is -0.526. The molecular formula is C16H15N3O2. The summed E-state index contributed by atoms with van der Waals surface area (Å²) in [6, 6.07) is 10.3. The van der Waals surface area contributed by atoms with Gasteiger partial charge in [-0.05, 0) is 36.2 Å². The maximum Gasteiger partial charge on any atom is 0.261 e. The average molecular weight is 281 g/mol. The van der Waals surface area contributed by atoms with Gasteiger partial charge in [0.15, 0.2) is 0 Å². The number of pyridine rings is 1. The molecule has 0 saturated carbocycles. The molecule has 0 bridgehead atoms. The Hall–Kier alpha value is -2.53. The summed E-state index contributed by atoms with van der Waals surface area (Å²) in [6.45, 7) is 0.217. The summed E-state index contributed by atoms with van der Waals surface area (Å²) < 4.78 is 0.